The van der Waals surface area contributed by atoms with Gasteiger partial charge in [-0.05, 0) is 60.7 Å². The molecule has 0 nitrogen and oxygen atoms in total. The van der Waals surface area contributed by atoms with Crippen molar-refractivity contribution in [3.8, 4) is 0 Å². The molecule has 0 spiro atoms. The van der Waals surface area contributed by atoms with Crippen LogP contribution in [0.5, 0.6) is 0 Å². The zero-order chi connectivity index (χ0) is 14.0. The van der Waals surface area contributed by atoms with Crippen LogP contribution in [0.1, 0.15) is 79.6 Å². The molecule has 0 heteroatoms. The molecule has 0 aromatic carbocycles. The molecule has 0 aromatic rings. The van der Waals surface area contributed by atoms with Crippen molar-refractivity contribution in [1.29, 1.82) is 0 Å². The molecule has 0 radical (unpaired) electrons. The van der Waals surface area contributed by atoms with Gasteiger partial charge in [0, 0.05) is 0 Å². The lowest BCUT2D eigenvalue weighted by atomic mass is 9.89. The summed E-state index contributed by atoms with van der Waals surface area (Å²) < 4.78 is 0. The topological polar surface area (TPSA) is 0 Å². The van der Waals surface area contributed by atoms with Crippen LogP contribution in [0.2, 0.25) is 0 Å². The minimum absolute atomic E-state index is 0.992. The maximum atomic E-state index is 2.53. The van der Waals surface area contributed by atoms with Gasteiger partial charge < -0.3 is 0 Å². The summed E-state index contributed by atoms with van der Waals surface area (Å²) in [6.07, 6.45) is 10.3. The largest absolute Gasteiger partial charge is 0.0651 e. The van der Waals surface area contributed by atoms with E-state index < -0.39 is 0 Å². The molecule has 6 unspecified atom stereocenters. The molecule has 0 N–H and O–H groups in total. The molecule has 0 bridgehead atoms. The second-order valence-electron chi connectivity index (χ2n) is 7.99. The van der Waals surface area contributed by atoms with Crippen molar-refractivity contribution in [3.05, 3.63) is 0 Å². The first-order chi connectivity index (χ1) is 9.06. The average Bonchev–Trinajstić information content (AvgIpc) is 3.28. The molecule has 0 aromatic heterocycles. The fourth-order valence-corrected chi connectivity index (χ4v) is 4.44. The Balaban J connectivity index is 1.61. The predicted octanol–water partition coefficient (Wildman–Crippen LogP) is 6.16. The number of hydrogen-bond donors (Lipinski definition) is 0. The van der Waals surface area contributed by atoms with Crippen molar-refractivity contribution >= 4 is 0 Å². The Labute approximate surface area is 121 Å². The molecule has 2 aliphatic rings. The minimum atomic E-state index is 0.992. The normalized spacial score (nSPS) is 36.3. The molecule has 0 aliphatic heterocycles. The highest BCUT2D eigenvalue weighted by molar-refractivity contribution is 4.94. The molecule has 112 valence electrons. The first-order valence-electron chi connectivity index (χ1n) is 9.06. The van der Waals surface area contributed by atoms with E-state index in [1.165, 1.54) is 38.5 Å². The monoisotopic (exact) mass is 264 g/mol. The molecule has 6 atom stereocenters. The molecule has 0 heterocycles. The first kappa shape index (κ1) is 15.4. The van der Waals surface area contributed by atoms with Gasteiger partial charge in [0.1, 0.15) is 0 Å². The van der Waals surface area contributed by atoms with Crippen LogP contribution in [0.3, 0.4) is 0 Å². The van der Waals surface area contributed by atoms with Gasteiger partial charge in [0.25, 0.3) is 0 Å². The second-order valence-corrected chi connectivity index (χ2v) is 7.99. The van der Waals surface area contributed by atoms with E-state index >= 15 is 0 Å². The van der Waals surface area contributed by atoms with E-state index in [0.717, 1.165) is 41.4 Å². The van der Waals surface area contributed by atoms with Gasteiger partial charge in [-0.15, -0.1) is 0 Å². The Morgan fingerprint density at radius 2 is 1.53 bits per heavy atom. The maximum absolute atomic E-state index is 2.53. The van der Waals surface area contributed by atoms with Crippen molar-refractivity contribution in [3.63, 3.8) is 0 Å². The summed E-state index contributed by atoms with van der Waals surface area (Å²) in [4.78, 5) is 0. The second kappa shape index (κ2) is 6.64. The molecule has 2 fully saturated rings. The number of rotatable bonds is 9. The van der Waals surface area contributed by atoms with Crippen molar-refractivity contribution in [2.24, 2.45) is 41.4 Å². The number of hydrogen-bond acceptors (Lipinski definition) is 0. The SMILES string of the molecule is CCC(CC)CCC(C)C1CC1CC(C)C1CC1C. The summed E-state index contributed by atoms with van der Waals surface area (Å²) in [7, 11) is 0. The van der Waals surface area contributed by atoms with E-state index in [9.17, 15) is 0 Å². The lowest BCUT2D eigenvalue weighted by molar-refractivity contribution is 0.340. The quantitative estimate of drug-likeness (QED) is 0.468. The zero-order valence-electron chi connectivity index (χ0n) is 14.0. The van der Waals surface area contributed by atoms with Gasteiger partial charge in [-0.1, -0.05) is 60.3 Å². The van der Waals surface area contributed by atoms with Gasteiger partial charge >= 0.3 is 0 Å². The van der Waals surface area contributed by atoms with Crippen molar-refractivity contribution in [2.75, 3.05) is 0 Å². The maximum Gasteiger partial charge on any atom is -0.0357 e. The summed E-state index contributed by atoms with van der Waals surface area (Å²) in [5, 5.41) is 0. The molecule has 2 rings (SSSR count). The molecule has 0 saturated heterocycles. The van der Waals surface area contributed by atoms with Crippen LogP contribution < -0.4 is 0 Å². The lowest BCUT2D eigenvalue weighted by Gasteiger charge is -2.17. The Bertz CT molecular complexity index is 265. The first-order valence-corrected chi connectivity index (χ1v) is 9.06. The highest BCUT2D eigenvalue weighted by Gasteiger charge is 2.45. The highest BCUT2D eigenvalue weighted by Crippen LogP contribution is 2.53. The van der Waals surface area contributed by atoms with E-state index in [2.05, 4.69) is 34.6 Å². The fourth-order valence-electron chi connectivity index (χ4n) is 4.44. The van der Waals surface area contributed by atoms with Crippen LogP contribution in [-0.2, 0) is 0 Å². The van der Waals surface area contributed by atoms with Gasteiger partial charge in [0.05, 0.1) is 0 Å². The van der Waals surface area contributed by atoms with Crippen LogP contribution in [0.4, 0.5) is 0 Å². The van der Waals surface area contributed by atoms with Gasteiger partial charge in [-0.3, -0.25) is 0 Å². The molecule has 0 amide bonds. The van der Waals surface area contributed by atoms with Crippen LogP contribution in [-0.4, -0.2) is 0 Å². The van der Waals surface area contributed by atoms with E-state index in [1.54, 1.807) is 6.42 Å². The van der Waals surface area contributed by atoms with Gasteiger partial charge in [0.2, 0.25) is 0 Å². The summed E-state index contributed by atoms with van der Waals surface area (Å²) in [6, 6.07) is 0. The summed E-state index contributed by atoms with van der Waals surface area (Å²) >= 11 is 0. The standard InChI is InChI=1S/C19H36/c1-6-16(7-2)9-8-13(3)19-12-17(19)10-14(4)18-11-15(18)5/h13-19H,6-12H2,1-5H3. The smallest absolute Gasteiger partial charge is 0.0357 e. The lowest BCUT2D eigenvalue weighted by Crippen LogP contribution is -2.06. The Morgan fingerprint density at radius 1 is 0.895 bits per heavy atom. The van der Waals surface area contributed by atoms with Crippen LogP contribution >= 0.6 is 0 Å². The fraction of sp³-hybridized carbons (Fsp3) is 1.00. The average molecular weight is 264 g/mol. The summed E-state index contributed by atoms with van der Waals surface area (Å²) in [6.45, 7) is 12.2. The van der Waals surface area contributed by atoms with Gasteiger partial charge in [-0.25, -0.2) is 0 Å². The molecule has 19 heavy (non-hydrogen) atoms. The Kier molecular flexibility index (Phi) is 5.37. The van der Waals surface area contributed by atoms with Crippen molar-refractivity contribution in [2.45, 2.75) is 79.6 Å². The predicted molar refractivity (Wildman–Crippen MR) is 85.1 cm³/mol. The van der Waals surface area contributed by atoms with Gasteiger partial charge in [-0.2, -0.15) is 0 Å². The van der Waals surface area contributed by atoms with Crippen molar-refractivity contribution in [1.82, 2.24) is 0 Å². The summed E-state index contributed by atoms with van der Waals surface area (Å²) in [5.41, 5.74) is 0. The summed E-state index contributed by atoms with van der Waals surface area (Å²) in [5.74, 6) is 7.31. The van der Waals surface area contributed by atoms with E-state index in [4.69, 9.17) is 0 Å². The third-order valence-corrected chi connectivity index (χ3v) is 6.47. The highest BCUT2D eigenvalue weighted by atomic mass is 14.5. The Hall–Kier alpha value is 0. The Morgan fingerprint density at radius 3 is 2.05 bits per heavy atom. The molecular formula is C19H36. The van der Waals surface area contributed by atoms with E-state index in [-0.39, 0.29) is 0 Å². The minimum Gasteiger partial charge on any atom is -0.0651 e. The van der Waals surface area contributed by atoms with Crippen molar-refractivity contribution < 1.29 is 0 Å². The van der Waals surface area contributed by atoms with Gasteiger partial charge in [0.15, 0.2) is 0 Å². The van der Waals surface area contributed by atoms with Crippen LogP contribution in [0, 0.1) is 41.4 Å². The molecule has 2 saturated carbocycles. The van der Waals surface area contributed by atoms with Crippen LogP contribution in [0.15, 0.2) is 0 Å². The molecular weight excluding hydrogens is 228 g/mol. The molecule has 2 aliphatic carbocycles. The third-order valence-electron chi connectivity index (χ3n) is 6.47. The van der Waals surface area contributed by atoms with E-state index in [1.807, 2.05) is 0 Å². The van der Waals surface area contributed by atoms with Crippen LogP contribution in [0.25, 0.3) is 0 Å². The zero-order valence-corrected chi connectivity index (χ0v) is 14.0. The van der Waals surface area contributed by atoms with E-state index in [0.29, 0.717) is 0 Å². The third kappa shape index (κ3) is 4.23.